The van der Waals surface area contributed by atoms with E-state index in [9.17, 15) is 4.79 Å². The Bertz CT molecular complexity index is 388. The quantitative estimate of drug-likeness (QED) is 0.602. The molecule has 76 valence electrons. The number of hydrogen-bond donors (Lipinski definition) is 0. The second-order valence-corrected chi connectivity index (χ2v) is 4.98. The minimum atomic E-state index is 0.0741. The van der Waals surface area contributed by atoms with E-state index >= 15 is 0 Å². The Hall–Kier alpha value is -0.830. The largest absolute Gasteiger partial charge is 0.268 e. The van der Waals surface area contributed by atoms with E-state index in [1.165, 1.54) is 37.2 Å². The molecule has 2 bridgehead atoms. The maximum absolute atomic E-state index is 10.4. The summed E-state index contributed by atoms with van der Waals surface area (Å²) in [5.41, 5.74) is 1.81. The minimum absolute atomic E-state index is 0.0741. The van der Waals surface area contributed by atoms with Gasteiger partial charge in [0.15, 0.2) is 0 Å². The monoisotopic (exact) mass is 209 g/mol. The van der Waals surface area contributed by atoms with Crippen LogP contribution in [0.2, 0.25) is 0 Å². The van der Waals surface area contributed by atoms with Crippen molar-refractivity contribution in [2.75, 3.05) is 0 Å². The first-order valence-electron chi connectivity index (χ1n) is 5.04. The van der Waals surface area contributed by atoms with Gasteiger partial charge in [-0.3, -0.25) is 8.75 Å². The Morgan fingerprint density at radius 3 is 2.57 bits per heavy atom. The smallest absolute Gasteiger partial charge is 0.260 e. The summed E-state index contributed by atoms with van der Waals surface area (Å²) in [4.78, 5) is 10.4. The average Bonchev–Trinajstić information content (AvgIpc) is 2.87. The fraction of sp³-hybridized carbons (Fsp3) is 0.545. The van der Waals surface area contributed by atoms with E-state index in [-0.39, 0.29) is 5.56 Å². The normalized spacial score (nSPS) is 22.9. The molecule has 1 aromatic rings. The second kappa shape index (κ2) is 4.13. The summed E-state index contributed by atoms with van der Waals surface area (Å²) in [6.45, 7) is 0. The van der Waals surface area contributed by atoms with E-state index < -0.39 is 0 Å². The summed E-state index contributed by atoms with van der Waals surface area (Å²) in [5.74, 6) is 1.08. The second-order valence-electron chi connectivity index (χ2n) is 3.95. The van der Waals surface area contributed by atoms with E-state index in [0.717, 1.165) is 5.92 Å². The van der Waals surface area contributed by atoms with E-state index in [0.29, 0.717) is 0 Å². The van der Waals surface area contributed by atoms with Gasteiger partial charge in [0.25, 0.3) is 5.56 Å². The first kappa shape index (κ1) is 9.71. The summed E-state index contributed by atoms with van der Waals surface area (Å²) < 4.78 is 1.57. The molecule has 1 heterocycles. The molecule has 14 heavy (non-hydrogen) atoms. The molecule has 0 spiro atoms. The van der Waals surface area contributed by atoms with Gasteiger partial charge in [0.2, 0.25) is 0 Å². The van der Waals surface area contributed by atoms with Gasteiger partial charge in [0.05, 0.1) is 0 Å². The van der Waals surface area contributed by atoms with Crippen LogP contribution in [0.3, 0.4) is 0 Å². The molecule has 3 rings (SSSR count). The van der Waals surface area contributed by atoms with Crippen LogP contribution in [-0.2, 0) is 7.05 Å². The van der Waals surface area contributed by atoms with Gasteiger partial charge in [0.1, 0.15) is 0 Å². The summed E-state index contributed by atoms with van der Waals surface area (Å²) in [7, 11) is 1.74. The van der Waals surface area contributed by atoms with Crippen molar-refractivity contribution in [3.05, 3.63) is 33.4 Å². The molecule has 1 aromatic heterocycles. The fourth-order valence-corrected chi connectivity index (χ4v) is 2.55. The minimum Gasteiger partial charge on any atom is -0.268 e. The number of allylic oxidation sites excluding steroid dienone is 2. The SMILES string of the molecule is C1=C2CCC(C1)C2.Cn1sccc1=O. The van der Waals surface area contributed by atoms with Crippen molar-refractivity contribution in [2.45, 2.75) is 25.7 Å². The Morgan fingerprint density at radius 1 is 1.57 bits per heavy atom. The summed E-state index contributed by atoms with van der Waals surface area (Å²) in [6.07, 6.45) is 8.18. The predicted molar refractivity (Wildman–Crippen MR) is 59.6 cm³/mol. The number of hydrogen-bond acceptors (Lipinski definition) is 2. The molecule has 2 nitrogen and oxygen atoms in total. The van der Waals surface area contributed by atoms with Gasteiger partial charge in [-0.2, -0.15) is 0 Å². The van der Waals surface area contributed by atoms with Crippen LogP contribution < -0.4 is 5.56 Å². The van der Waals surface area contributed by atoms with Crippen LogP contribution in [0.5, 0.6) is 0 Å². The Kier molecular flexibility index (Phi) is 2.87. The van der Waals surface area contributed by atoms with Crippen molar-refractivity contribution < 1.29 is 0 Å². The highest BCUT2D eigenvalue weighted by Gasteiger charge is 2.22. The molecule has 0 aromatic carbocycles. The maximum atomic E-state index is 10.4. The molecule has 1 fully saturated rings. The number of rotatable bonds is 0. The van der Waals surface area contributed by atoms with Crippen LogP contribution >= 0.6 is 11.5 Å². The van der Waals surface area contributed by atoms with Crippen molar-refractivity contribution in [1.29, 1.82) is 0 Å². The first-order chi connectivity index (χ1) is 6.75. The number of nitrogens with zero attached hydrogens (tertiary/aromatic N) is 1. The highest BCUT2D eigenvalue weighted by atomic mass is 32.1. The molecule has 0 saturated heterocycles. The molecule has 3 heteroatoms. The standard InChI is InChI=1S/C7H10.C4H5NOS/c1-2-7-4-3-6(1)5-7;1-5-4(6)2-3-7-5/h1,7H,2-5H2;2-3H,1H3. The third kappa shape index (κ3) is 2.15. The van der Waals surface area contributed by atoms with Gasteiger partial charge in [-0.25, -0.2) is 0 Å². The van der Waals surface area contributed by atoms with Crippen LogP contribution in [0.4, 0.5) is 0 Å². The van der Waals surface area contributed by atoms with Crippen molar-refractivity contribution in [2.24, 2.45) is 13.0 Å². The molecular formula is C11H15NOS. The van der Waals surface area contributed by atoms with E-state index in [4.69, 9.17) is 0 Å². The molecule has 0 N–H and O–H groups in total. The summed E-state index contributed by atoms with van der Waals surface area (Å²) >= 11 is 1.41. The molecular weight excluding hydrogens is 194 g/mol. The molecule has 1 saturated carbocycles. The highest BCUT2D eigenvalue weighted by Crippen LogP contribution is 2.38. The van der Waals surface area contributed by atoms with Gasteiger partial charge in [-0.1, -0.05) is 23.2 Å². The Balaban J connectivity index is 0.000000107. The van der Waals surface area contributed by atoms with E-state index in [1.807, 2.05) is 0 Å². The lowest BCUT2D eigenvalue weighted by atomic mass is 10.1. The van der Waals surface area contributed by atoms with Crippen molar-refractivity contribution in [1.82, 2.24) is 3.96 Å². The lowest BCUT2D eigenvalue weighted by Crippen LogP contribution is -2.05. The van der Waals surface area contributed by atoms with Gasteiger partial charge >= 0.3 is 0 Å². The fourth-order valence-electron chi connectivity index (χ4n) is 2.02. The lowest BCUT2D eigenvalue weighted by Gasteiger charge is -1.98. The molecule has 1 atom stereocenters. The number of aryl methyl sites for hydroxylation is 1. The Labute approximate surface area is 88.0 Å². The molecule has 1 unspecified atom stereocenters. The molecule has 2 aliphatic carbocycles. The number of fused-ring (bicyclic) bond motifs is 2. The van der Waals surface area contributed by atoms with Crippen LogP contribution in [-0.4, -0.2) is 3.96 Å². The van der Waals surface area contributed by atoms with Crippen LogP contribution in [0.15, 0.2) is 27.9 Å². The van der Waals surface area contributed by atoms with E-state index in [2.05, 4.69) is 6.08 Å². The maximum Gasteiger partial charge on any atom is 0.260 e. The topological polar surface area (TPSA) is 22.0 Å². The van der Waals surface area contributed by atoms with Crippen molar-refractivity contribution >= 4 is 11.5 Å². The van der Waals surface area contributed by atoms with Gasteiger partial charge in [-0.05, 0) is 31.6 Å². The van der Waals surface area contributed by atoms with Gasteiger partial charge in [-0.15, -0.1) is 0 Å². The van der Waals surface area contributed by atoms with E-state index in [1.54, 1.807) is 28.0 Å². The Morgan fingerprint density at radius 2 is 2.43 bits per heavy atom. The van der Waals surface area contributed by atoms with Crippen molar-refractivity contribution in [3.63, 3.8) is 0 Å². The summed E-state index contributed by atoms with van der Waals surface area (Å²) in [6, 6.07) is 1.55. The third-order valence-electron chi connectivity index (χ3n) is 2.90. The van der Waals surface area contributed by atoms with Crippen LogP contribution in [0, 0.1) is 5.92 Å². The molecule has 2 aliphatic rings. The zero-order valence-corrected chi connectivity index (χ0v) is 9.22. The zero-order valence-electron chi connectivity index (χ0n) is 8.40. The molecule has 0 aliphatic heterocycles. The first-order valence-corrected chi connectivity index (χ1v) is 5.88. The van der Waals surface area contributed by atoms with Gasteiger partial charge < -0.3 is 0 Å². The molecule has 0 amide bonds. The summed E-state index contributed by atoms with van der Waals surface area (Å²) in [5, 5.41) is 1.77. The number of aromatic nitrogens is 1. The lowest BCUT2D eigenvalue weighted by molar-refractivity contribution is 0.576. The van der Waals surface area contributed by atoms with Crippen molar-refractivity contribution in [3.8, 4) is 0 Å². The zero-order chi connectivity index (χ0) is 9.97. The molecule has 0 radical (unpaired) electrons. The average molecular weight is 209 g/mol. The van der Waals surface area contributed by atoms with Crippen LogP contribution in [0.25, 0.3) is 0 Å². The predicted octanol–water partition coefficient (Wildman–Crippen LogP) is 2.56. The van der Waals surface area contributed by atoms with Crippen LogP contribution in [0.1, 0.15) is 25.7 Å². The highest BCUT2D eigenvalue weighted by molar-refractivity contribution is 7.04. The third-order valence-corrected chi connectivity index (χ3v) is 3.66. The van der Waals surface area contributed by atoms with Gasteiger partial charge in [0, 0.05) is 18.5 Å².